The molecular formula is C18H30N2. The van der Waals surface area contributed by atoms with Crippen molar-refractivity contribution in [1.82, 2.24) is 5.32 Å². The monoisotopic (exact) mass is 274 g/mol. The van der Waals surface area contributed by atoms with Crippen LogP contribution in [-0.2, 0) is 0 Å². The van der Waals surface area contributed by atoms with E-state index in [4.69, 9.17) is 0 Å². The van der Waals surface area contributed by atoms with Crippen molar-refractivity contribution in [2.75, 3.05) is 25.0 Å². The van der Waals surface area contributed by atoms with Gasteiger partial charge in [-0.1, -0.05) is 39.0 Å². The first-order valence-electron chi connectivity index (χ1n) is 8.01. The van der Waals surface area contributed by atoms with Gasteiger partial charge in [-0.15, -0.1) is 0 Å². The lowest BCUT2D eigenvalue weighted by Crippen LogP contribution is -2.47. The minimum atomic E-state index is 0.494. The Hall–Kier alpha value is -1.02. The Morgan fingerprint density at radius 2 is 1.95 bits per heavy atom. The van der Waals surface area contributed by atoms with E-state index in [1.165, 1.54) is 24.9 Å². The van der Waals surface area contributed by atoms with Gasteiger partial charge in [0.25, 0.3) is 0 Å². The van der Waals surface area contributed by atoms with E-state index in [-0.39, 0.29) is 0 Å². The second-order valence-electron chi connectivity index (χ2n) is 7.05. The summed E-state index contributed by atoms with van der Waals surface area (Å²) in [5.41, 5.74) is 1.82. The molecule has 1 fully saturated rings. The molecule has 2 heteroatoms. The molecule has 0 radical (unpaired) electrons. The minimum Gasteiger partial charge on any atom is -0.374 e. The van der Waals surface area contributed by atoms with E-state index in [1.54, 1.807) is 0 Å². The molecule has 0 saturated heterocycles. The minimum absolute atomic E-state index is 0.494. The van der Waals surface area contributed by atoms with Crippen LogP contribution < -0.4 is 10.2 Å². The van der Waals surface area contributed by atoms with Crippen molar-refractivity contribution in [3.63, 3.8) is 0 Å². The normalized spacial score (nSPS) is 25.4. The molecule has 112 valence electrons. The molecule has 20 heavy (non-hydrogen) atoms. The Balaban J connectivity index is 2.03. The van der Waals surface area contributed by atoms with Crippen LogP contribution >= 0.6 is 0 Å². The van der Waals surface area contributed by atoms with Crippen molar-refractivity contribution in [3.05, 3.63) is 30.3 Å². The van der Waals surface area contributed by atoms with Crippen LogP contribution in [0.5, 0.6) is 0 Å². The van der Waals surface area contributed by atoms with E-state index in [0.717, 1.165) is 19.0 Å². The second-order valence-corrected chi connectivity index (χ2v) is 7.05. The molecule has 1 aliphatic carbocycles. The zero-order valence-corrected chi connectivity index (χ0v) is 13.5. The Labute approximate surface area is 124 Å². The summed E-state index contributed by atoms with van der Waals surface area (Å²) in [6.07, 6.45) is 3.98. The summed E-state index contributed by atoms with van der Waals surface area (Å²) in [5.74, 6) is 0.740. The number of nitrogens with one attached hydrogen (secondary N) is 1. The third kappa shape index (κ3) is 3.99. The molecule has 2 unspecified atom stereocenters. The smallest absolute Gasteiger partial charge is 0.0363 e. The summed E-state index contributed by atoms with van der Waals surface area (Å²) in [5, 5.41) is 3.70. The summed E-state index contributed by atoms with van der Waals surface area (Å²) < 4.78 is 0. The molecule has 0 amide bonds. The second kappa shape index (κ2) is 6.62. The van der Waals surface area contributed by atoms with Crippen LogP contribution in [0.1, 0.15) is 40.0 Å². The predicted octanol–water partition coefficient (Wildman–Crippen LogP) is 3.93. The van der Waals surface area contributed by atoms with E-state index < -0.39 is 0 Å². The number of rotatable bonds is 5. The highest BCUT2D eigenvalue weighted by Gasteiger charge is 2.34. The van der Waals surface area contributed by atoms with E-state index in [1.807, 2.05) is 0 Å². The number of nitrogens with zero attached hydrogens (tertiary/aromatic N) is 1. The van der Waals surface area contributed by atoms with Crippen LogP contribution in [0.3, 0.4) is 0 Å². The van der Waals surface area contributed by atoms with Crippen molar-refractivity contribution in [2.45, 2.75) is 46.1 Å². The molecule has 0 aliphatic heterocycles. The molecule has 1 N–H and O–H groups in total. The lowest BCUT2D eigenvalue weighted by molar-refractivity contribution is 0.143. The van der Waals surface area contributed by atoms with Gasteiger partial charge in [0.15, 0.2) is 0 Å². The fourth-order valence-corrected chi connectivity index (χ4v) is 3.60. The van der Waals surface area contributed by atoms with E-state index >= 15 is 0 Å². The maximum absolute atomic E-state index is 3.70. The molecule has 2 nitrogen and oxygen atoms in total. The maximum Gasteiger partial charge on any atom is 0.0363 e. The molecule has 1 saturated carbocycles. The Morgan fingerprint density at radius 1 is 1.25 bits per heavy atom. The lowest BCUT2D eigenvalue weighted by Gasteiger charge is -2.43. The van der Waals surface area contributed by atoms with Gasteiger partial charge < -0.3 is 10.2 Å². The van der Waals surface area contributed by atoms with E-state index in [9.17, 15) is 0 Å². The van der Waals surface area contributed by atoms with Crippen LogP contribution in [-0.4, -0.2) is 26.2 Å². The van der Waals surface area contributed by atoms with Gasteiger partial charge in [-0.2, -0.15) is 0 Å². The van der Waals surface area contributed by atoms with E-state index in [0.29, 0.717) is 11.5 Å². The first-order chi connectivity index (χ1) is 9.52. The average molecular weight is 274 g/mol. The zero-order valence-electron chi connectivity index (χ0n) is 13.5. The van der Waals surface area contributed by atoms with Gasteiger partial charge in [0.05, 0.1) is 0 Å². The molecule has 0 heterocycles. The summed E-state index contributed by atoms with van der Waals surface area (Å²) in [6, 6.07) is 11.4. The maximum atomic E-state index is 3.70. The molecule has 0 aromatic heterocycles. The van der Waals surface area contributed by atoms with Gasteiger partial charge in [-0.25, -0.2) is 0 Å². The number of hydrogen-bond acceptors (Lipinski definition) is 2. The fourth-order valence-electron chi connectivity index (χ4n) is 3.60. The zero-order chi connectivity index (χ0) is 14.6. The highest BCUT2D eigenvalue weighted by Crippen LogP contribution is 2.39. The van der Waals surface area contributed by atoms with Gasteiger partial charge >= 0.3 is 0 Å². The summed E-state index contributed by atoms with van der Waals surface area (Å²) in [7, 11) is 2.22. The molecule has 1 aromatic rings. The molecule has 0 bridgehead atoms. The molecule has 1 aromatic carbocycles. The number of anilines is 1. The summed E-state index contributed by atoms with van der Waals surface area (Å²) in [6.45, 7) is 9.29. The Kier molecular flexibility index (Phi) is 5.09. The topological polar surface area (TPSA) is 15.3 Å². The first-order valence-corrected chi connectivity index (χ1v) is 8.01. The number of para-hydroxylation sites is 1. The number of hydrogen-bond donors (Lipinski definition) is 1. The molecule has 2 rings (SSSR count). The Morgan fingerprint density at radius 3 is 2.60 bits per heavy atom. The lowest BCUT2D eigenvalue weighted by atomic mass is 9.69. The van der Waals surface area contributed by atoms with Crippen LogP contribution in [0.2, 0.25) is 0 Å². The van der Waals surface area contributed by atoms with Crippen LogP contribution in [0.4, 0.5) is 5.69 Å². The number of benzene rings is 1. The van der Waals surface area contributed by atoms with Crippen LogP contribution in [0.25, 0.3) is 0 Å². The van der Waals surface area contributed by atoms with Gasteiger partial charge in [0, 0.05) is 25.3 Å². The molecule has 0 spiro atoms. The molecular weight excluding hydrogens is 244 g/mol. The largest absolute Gasteiger partial charge is 0.374 e. The van der Waals surface area contributed by atoms with Crippen molar-refractivity contribution in [2.24, 2.45) is 11.3 Å². The standard InChI is InChI=1S/C18H30N2/c1-5-19-17-11-12-18(2,3)13-15(17)14-20(4)16-9-7-6-8-10-16/h6-10,15,17,19H,5,11-14H2,1-4H3. The molecule has 1 aliphatic rings. The van der Waals surface area contributed by atoms with Crippen molar-refractivity contribution >= 4 is 5.69 Å². The van der Waals surface area contributed by atoms with Crippen LogP contribution in [0.15, 0.2) is 30.3 Å². The predicted molar refractivity (Wildman–Crippen MR) is 88.3 cm³/mol. The highest BCUT2D eigenvalue weighted by atomic mass is 15.1. The Bertz CT molecular complexity index is 399. The SMILES string of the molecule is CCNC1CCC(C)(C)CC1CN(C)c1ccccc1. The van der Waals surface area contributed by atoms with Crippen molar-refractivity contribution in [3.8, 4) is 0 Å². The van der Waals surface area contributed by atoms with Gasteiger partial charge in [0.2, 0.25) is 0 Å². The fraction of sp³-hybridized carbons (Fsp3) is 0.667. The molecule has 2 atom stereocenters. The third-order valence-electron chi connectivity index (χ3n) is 4.69. The third-order valence-corrected chi connectivity index (χ3v) is 4.69. The summed E-state index contributed by atoms with van der Waals surface area (Å²) >= 11 is 0. The summed E-state index contributed by atoms with van der Waals surface area (Å²) in [4.78, 5) is 2.41. The first kappa shape index (κ1) is 15.4. The quantitative estimate of drug-likeness (QED) is 0.875. The average Bonchev–Trinajstić information content (AvgIpc) is 2.42. The van der Waals surface area contributed by atoms with Crippen LogP contribution in [0, 0.1) is 11.3 Å². The van der Waals surface area contributed by atoms with Gasteiger partial charge in [-0.05, 0) is 49.3 Å². The van der Waals surface area contributed by atoms with Crippen molar-refractivity contribution < 1.29 is 0 Å². The van der Waals surface area contributed by atoms with E-state index in [2.05, 4.69) is 68.4 Å². The van der Waals surface area contributed by atoms with Crippen molar-refractivity contribution in [1.29, 1.82) is 0 Å². The highest BCUT2D eigenvalue weighted by molar-refractivity contribution is 5.45. The van der Waals surface area contributed by atoms with Gasteiger partial charge in [-0.3, -0.25) is 0 Å². The van der Waals surface area contributed by atoms with Gasteiger partial charge in [0.1, 0.15) is 0 Å².